The van der Waals surface area contributed by atoms with E-state index in [2.05, 4.69) is 13.8 Å². The Balaban J connectivity index is 2.37. The van der Waals surface area contributed by atoms with E-state index < -0.39 is 11.2 Å². The van der Waals surface area contributed by atoms with Crippen LogP contribution in [-0.2, 0) is 0 Å². The molecule has 3 N–H and O–H groups in total. The highest BCUT2D eigenvalue weighted by atomic mass is 16.4. The summed E-state index contributed by atoms with van der Waals surface area (Å²) in [6.45, 7) is 7.86. The van der Waals surface area contributed by atoms with E-state index in [4.69, 9.17) is 0 Å². The van der Waals surface area contributed by atoms with Gasteiger partial charge in [-0.15, -0.1) is 0 Å². The van der Waals surface area contributed by atoms with Crippen molar-refractivity contribution in [3.05, 3.63) is 0 Å². The highest BCUT2D eigenvalue weighted by Gasteiger charge is 2.58. The molecule has 0 amide bonds. The van der Waals surface area contributed by atoms with E-state index in [1.165, 1.54) is 0 Å². The van der Waals surface area contributed by atoms with Gasteiger partial charge < -0.3 is 15.3 Å². The maximum Gasteiger partial charge on any atom is 0.0936 e. The molecule has 2 fully saturated rings. The maximum absolute atomic E-state index is 10.9. The Morgan fingerprint density at radius 1 is 1.06 bits per heavy atom. The van der Waals surface area contributed by atoms with Gasteiger partial charge in [0.2, 0.25) is 0 Å². The molecule has 0 bridgehead atoms. The van der Waals surface area contributed by atoms with Crippen molar-refractivity contribution in [2.75, 3.05) is 0 Å². The van der Waals surface area contributed by atoms with E-state index in [0.29, 0.717) is 18.3 Å². The van der Waals surface area contributed by atoms with Crippen molar-refractivity contribution in [1.82, 2.24) is 0 Å². The fraction of sp³-hybridized carbons (Fsp3) is 1.00. The molecule has 0 aromatic rings. The number of hydrogen-bond acceptors (Lipinski definition) is 3. The van der Waals surface area contributed by atoms with E-state index >= 15 is 0 Å². The lowest BCUT2D eigenvalue weighted by molar-refractivity contribution is -0.235. The van der Waals surface area contributed by atoms with Crippen LogP contribution < -0.4 is 0 Å². The molecule has 0 radical (unpaired) electrons. The van der Waals surface area contributed by atoms with Crippen molar-refractivity contribution < 1.29 is 15.3 Å². The van der Waals surface area contributed by atoms with Crippen LogP contribution in [0.15, 0.2) is 0 Å². The summed E-state index contributed by atoms with van der Waals surface area (Å²) in [6, 6.07) is 0. The second-order valence-corrected chi connectivity index (χ2v) is 7.20. The lowest BCUT2D eigenvalue weighted by atomic mass is 9.52. The van der Waals surface area contributed by atoms with Gasteiger partial charge in [0.05, 0.1) is 17.3 Å². The first kappa shape index (κ1) is 14.3. The molecule has 6 atom stereocenters. The Morgan fingerprint density at radius 3 is 2.22 bits per heavy atom. The zero-order valence-electron chi connectivity index (χ0n) is 12.1. The van der Waals surface area contributed by atoms with Gasteiger partial charge in [0.15, 0.2) is 0 Å². The second kappa shape index (κ2) is 4.46. The molecule has 2 saturated carbocycles. The number of rotatable bonds is 1. The number of aliphatic hydroxyl groups excluding tert-OH is 1. The van der Waals surface area contributed by atoms with E-state index in [1.54, 1.807) is 13.8 Å². The first-order chi connectivity index (χ1) is 8.18. The third-order valence-corrected chi connectivity index (χ3v) is 5.77. The van der Waals surface area contributed by atoms with Crippen molar-refractivity contribution >= 4 is 0 Å². The molecule has 2 unspecified atom stereocenters. The minimum Gasteiger partial charge on any atom is -0.393 e. The van der Waals surface area contributed by atoms with Gasteiger partial charge in [-0.3, -0.25) is 0 Å². The van der Waals surface area contributed by atoms with Crippen molar-refractivity contribution in [2.45, 2.75) is 70.7 Å². The average Bonchev–Trinajstić information content (AvgIpc) is 2.24. The Hall–Kier alpha value is -0.120. The molecule has 2 rings (SSSR count). The summed E-state index contributed by atoms with van der Waals surface area (Å²) in [4.78, 5) is 0. The summed E-state index contributed by atoms with van der Waals surface area (Å²) >= 11 is 0. The first-order valence-corrected chi connectivity index (χ1v) is 7.31. The smallest absolute Gasteiger partial charge is 0.0936 e. The highest BCUT2D eigenvalue weighted by molar-refractivity contribution is 5.09. The monoisotopic (exact) mass is 256 g/mol. The largest absolute Gasteiger partial charge is 0.393 e. The molecule has 0 spiro atoms. The van der Waals surface area contributed by atoms with Crippen LogP contribution in [0, 0.1) is 23.7 Å². The van der Waals surface area contributed by atoms with E-state index in [9.17, 15) is 15.3 Å². The van der Waals surface area contributed by atoms with E-state index in [1.807, 2.05) is 0 Å². The van der Waals surface area contributed by atoms with Gasteiger partial charge in [0.1, 0.15) is 0 Å². The molecular formula is C15H28O3. The zero-order valence-corrected chi connectivity index (χ0v) is 12.1. The summed E-state index contributed by atoms with van der Waals surface area (Å²) in [7, 11) is 0. The van der Waals surface area contributed by atoms with Crippen LogP contribution in [0.4, 0.5) is 0 Å². The highest BCUT2D eigenvalue weighted by Crippen LogP contribution is 2.54. The fourth-order valence-corrected chi connectivity index (χ4v) is 4.33. The van der Waals surface area contributed by atoms with Crippen molar-refractivity contribution in [3.63, 3.8) is 0 Å². The van der Waals surface area contributed by atoms with Gasteiger partial charge >= 0.3 is 0 Å². The van der Waals surface area contributed by atoms with Crippen molar-refractivity contribution in [3.8, 4) is 0 Å². The summed E-state index contributed by atoms with van der Waals surface area (Å²) in [6.07, 6.45) is 2.86. The van der Waals surface area contributed by atoms with E-state index in [0.717, 1.165) is 19.3 Å². The van der Waals surface area contributed by atoms with Crippen LogP contribution in [0.1, 0.15) is 53.4 Å². The van der Waals surface area contributed by atoms with Gasteiger partial charge in [0, 0.05) is 0 Å². The second-order valence-electron chi connectivity index (χ2n) is 7.20. The van der Waals surface area contributed by atoms with Gasteiger partial charge in [-0.25, -0.2) is 0 Å². The Bertz CT molecular complexity index is 307. The first-order valence-electron chi connectivity index (χ1n) is 7.31. The number of hydrogen-bond donors (Lipinski definition) is 3. The molecule has 106 valence electrons. The molecule has 3 nitrogen and oxygen atoms in total. The topological polar surface area (TPSA) is 60.7 Å². The normalized spacial score (nSPS) is 53.3. The van der Waals surface area contributed by atoms with Crippen LogP contribution in [0.3, 0.4) is 0 Å². The average molecular weight is 256 g/mol. The molecule has 0 heterocycles. The molecule has 2 aliphatic carbocycles. The number of aliphatic hydroxyl groups is 3. The van der Waals surface area contributed by atoms with Crippen molar-refractivity contribution in [1.29, 1.82) is 0 Å². The Kier molecular flexibility index (Phi) is 3.54. The third kappa shape index (κ3) is 2.00. The quantitative estimate of drug-likeness (QED) is 0.672. The van der Waals surface area contributed by atoms with Crippen LogP contribution in [-0.4, -0.2) is 32.6 Å². The van der Waals surface area contributed by atoms with E-state index in [-0.39, 0.29) is 17.9 Å². The zero-order chi connectivity index (χ0) is 13.7. The molecule has 0 aromatic carbocycles. The molecule has 0 saturated heterocycles. The van der Waals surface area contributed by atoms with Crippen LogP contribution in [0.25, 0.3) is 0 Å². The molecule has 18 heavy (non-hydrogen) atoms. The molecule has 3 heteroatoms. The van der Waals surface area contributed by atoms with Crippen LogP contribution >= 0.6 is 0 Å². The molecule has 0 aromatic heterocycles. The Morgan fingerprint density at radius 2 is 1.67 bits per heavy atom. The standard InChI is InChI=1S/C15H28O3/c1-9(2)10-5-6-12(16)11-7-8-14(3,17)15(4,18)13(10)11/h9-13,16-18H,5-8H2,1-4H3/t10-,11?,12+,13?,14-,15-/m1/s1. The van der Waals surface area contributed by atoms with Crippen LogP contribution in [0.5, 0.6) is 0 Å². The predicted octanol–water partition coefficient (Wildman–Crippen LogP) is 1.94. The van der Waals surface area contributed by atoms with Crippen LogP contribution in [0.2, 0.25) is 0 Å². The lowest BCUT2D eigenvalue weighted by Crippen LogP contribution is -2.65. The summed E-state index contributed by atoms with van der Waals surface area (Å²) in [5.41, 5.74) is -2.15. The Labute approximate surface area is 110 Å². The SMILES string of the molecule is CC(C)[C@H]1CC[C@H](O)C2CC[C@@](C)(O)[C@](C)(O)C21. The summed E-state index contributed by atoms with van der Waals surface area (Å²) in [5.74, 6) is 1.01. The molecular weight excluding hydrogens is 228 g/mol. The minimum absolute atomic E-state index is 0.00463. The third-order valence-electron chi connectivity index (χ3n) is 5.77. The summed E-state index contributed by atoms with van der Waals surface area (Å²) < 4.78 is 0. The maximum atomic E-state index is 10.9. The fourth-order valence-electron chi connectivity index (χ4n) is 4.33. The van der Waals surface area contributed by atoms with Gasteiger partial charge in [-0.05, 0) is 63.2 Å². The minimum atomic E-state index is -1.10. The molecule has 0 aliphatic heterocycles. The van der Waals surface area contributed by atoms with Crippen molar-refractivity contribution in [2.24, 2.45) is 23.7 Å². The lowest BCUT2D eigenvalue weighted by Gasteiger charge is -2.58. The van der Waals surface area contributed by atoms with Gasteiger partial charge in [-0.1, -0.05) is 13.8 Å². The number of fused-ring (bicyclic) bond motifs is 1. The molecule has 2 aliphatic rings. The van der Waals surface area contributed by atoms with Gasteiger partial charge in [0.25, 0.3) is 0 Å². The summed E-state index contributed by atoms with van der Waals surface area (Å²) in [5, 5.41) is 31.6. The predicted molar refractivity (Wildman–Crippen MR) is 71.0 cm³/mol. The van der Waals surface area contributed by atoms with Gasteiger partial charge in [-0.2, -0.15) is 0 Å².